The van der Waals surface area contributed by atoms with E-state index in [1.807, 2.05) is 61.5 Å². The molecule has 198 valence electrons. The zero-order valence-electron chi connectivity index (χ0n) is 22.9. The Morgan fingerprint density at radius 3 is 2.21 bits per heavy atom. The molecule has 4 rings (SSSR count). The highest BCUT2D eigenvalue weighted by Crippen LogP contribution is 2.29. The van der Waals surface area contributed by atoms with Gasteiger partial charge in [0.2, 0.25) is 0 Å². The fourth-order valence-electron chi connectivity index (χ4n) is 4.78. The molecule has 0 unspecified atom stereocenters. The highest BCUT2D eigenvalue weighted by atomic mass is 16.6. The molecular weight excluding hydrogens is 470 g/mol. The molecule has 1 atom stereocenters. The molecule has 0 saturated heterocycles. The van der Waals surface area contributed by atoms with Gasteiger partial charge in [-0.25, -0.2) is 4.79 Å². The molecular formula is C34H39NO3. The molecule has 38 heavy (non-hydrogen) atoms. The van der Waals surface area contributed by atoms with Gasteiger partial charge in [-0.2, -0.15) is 0 Å². The Morgan fingerprint density at radius 1 is 0.789 bits per heavy atom. The predicted octanol–water partition coefficient (Wildman–Crippen LogP) is 8.13. The summed E-state index contributed by atoms with van der Waals surface area (Å²) in [6.07, 6.45) is 6.01. The van der Waals surface area contributed by atoms with Crippen molar-refractivity contribution < 1.29 is 14.3 Å². The van der Waals surface area contributed by atoms with Crippen LogP contribution in [0.2, 0.25) is 0 Å². The Bertz CT molecular complexity index is 1270. The van der Waals surface area contributed by atoms with Crippen LogP contribution in [0.3, 0.4) is 0 Å². The maximum absolute atomic E-state index is 12.6. The van der Waals surface area contributed by atoms with Gasteiger partial charge in [0, 0.05) is 17.8 Å². The van der Waals surface area contributed by atoms with Crippen molar-refractivity contribution in [3.05, 3.63) is 108 Å². The normalized spacial score (nSPS) is 11.8. The standard InChI is InChI=1S/C34H39NO3/c1-4-6-7-9-12-27-16-20-30(21-17-27)35-26(3)15-24-32(35)29-18-22-31(23-19-29)38-33(34(36)37-5-2)25-28-13-10-8-11-14-28/h8,10-11,13-24,33H,4-7,9,12,25H2,1-3H3/t33-/m1/s1. The lowest BCUT2D eigenvalue weighted by Gasteiger charge is -2.18. The second kappa shape index (κ2) is 13.7. The minimum Gasteiger partial charge on any atom is -0.478 e. The van der Waals surface area contributed by atoms with Gasteiger partial charge in [-0.1, -0.05) is 68.7 Å². The van der Waals surface area contributed by atoms with Crippen LogP contribution in [0, 0.1) is 6.92 Å². The van der Waals surface area contributed by atoms with Crippen LogP contribution in [0.4, 0.5) is 0 Å². The molecule has 0 fully saturated rings. The molecule has 3 aromatic carbocycles. The number of hydrogen-bond acceptors (Lipinski definition) is 3. The zero-order chi connectivity index (χ0) is 26.7. The van der Waals surface area contributed by atoms with Gasteiger partial charge in [0.05, 0.1) is 12.3 Å². The molecule has 0 N–H and O–H groups in total. The Morgan fingerprint density at radius 2 is 1.53 bits per heavy atom. The fourth-order valence-corrected chi connectivity index (χ4v) is 4.78. The molecule has 0 spiro atoms. The first-order valence-electron chi connectivity index (χ1n) is 13.8. The number of hydrogen-bond donors (Lipinski definition) is 0. The van der Waals surface area contributed by atoms with Crippen molar-refractivity contribution >= 4 is 5.97 Å². The lowest BCUT2D eigenvalue weighted by atomic mass is 10.1. The van der Waals surface area contributed by atoms with Gasteiger partial charge >= 0.3 is 5.97 Å². The predicted molar refractivity (Wildman–Crippen MR) is 155 cm³/mol. The van der Waals surface area contributed by atoms with Crippen molar-refractivity contribution in [3.63, 3.8) is 0 Å². The van der Waals surface area contributed by atoms with Gasteiger partial charge in [0.25, 0.3) is 0 Å². The fraction of sp³-hybridized carbons (Fsp3) is 0.324. The number of esters is 1. The van der Waals surface area contributed by atoms with Crippen LogP contribution in [-0.4, -0.2) is 23.2 Å². The number of rotatable bonds is 13. The van der Waals surface area contributed by atoms with E-state index in [0.29, 0.717) is 18.8 Å². The molecule has 0 aliphatic heterocycles. The van der Waals surface area contributed by atoms with Crippen molar-refractivity contribution in [1.82, 2.24) is 4.57 Å². The van der Waals surface area contributed by atoms with Crippen molar-refractivity contribution in [2.45, 2.75) is 65.4 Å². The zero-order valence-corrected chi connectivity index (χ0v) is 22.9. The molecule has 0 bridgehead atoms. The van der Waals surface area contributed by atoms with Crippen LogP contribution in [0.1, 0.15) is 56.4 Å². The number of carbonyl (C=O) groups is 1. The van der Waals surface area contributed by atoms with Crippen LogP contribution in [0.5, 0.6) is 5.75 Å². The summed E-state index contributed by atoms with van der Waals surface area (Å²) < 4.78 is 13.7. The number of aromatic nitrogens is 1. The number of ether oxygens (including phenoxy) is 2. The molecule has 1 heterocycles. The van der Waals surface area contributed by atoms with Crippen molar-refractivity contribution in [2.75, 3.05) is 6.61 Å². The summed E-state index contributed by atoms with van der Waals surface area (Å²) in [6.45, 7) is 6.51. The highest BCUT2D eigenvalue weighted by Gasteiger charge is 2.22. The first-order chi connectivity index (χ1) is 18.6. The second-order valence-corrected chi connectivity index (χ2v) is 9.75. The quantitative estimate of drug-likeness (QED) is 0.135. The van der Waals surface area contributed by atoms with Gasteiger partial charge in [0.1, 0.15) is 5.75 Å². The summed E-state index contributed by atoms with van der Waals surface area (Å²) >= 11 is 0. The van der Waals surface area contributed by atoms with E-state index >= 15 is 0 Å². The maximum Gasteiger partial charge on any atom is 0.347 e. The second-order valence-electron chi connectivity index (χ2n) is 9.75. The van der Waals surface area contributed by atoms with Crippen molar-refractivity contribution in [2.24, 2.45) is 0 Å². The van der Waals surface area contributed by atoms with E-state index in [4.69, 9.17) is 9.47 Å². The largest absolute Gasteiger partial charge is 0.478 e. The maximum atomic E-state index is 12.6. The average molecular weight is 510 g/mol. The average Bonchev–Trinajstić information content (AvgIpc) is 3.33. The van der Waals surface area contributed by atoms with Crippen molar-refractivity contribution in [1.29, 1.82) is 0 Å². The highest BCUT2D eigenvalue weighted by molar-refractivity contribution is 5.75. The monoisotopic (exact) mass is 509 g/mol. The van der Waals surface area contributed by atoms with Crippen LogP contribution in [0.25, 0.3) is 16.9 Å². The molecule has 4 aromatic rings. The third-order valence-corrected chi connectivity index (χ3v) is 6.83. The van der Waals surface area contributed by atoms with Gasteiger partial charge in [-0.3, -0.25) is 0 Å². The summed E-state index contributed by atoms with van der Waals surface area (Å²) in [4.78, 5) is 12.6. The Balaban J connectivity index is 1.49. The van der Waals surface area contributed by atoms with Crippen LogP contribution >= 0.6 is 0 Å². The first-order valence-corrected chi connectivity index (χ1v) is 13.8. The van der Waals surface area contributed by atoms with E-state index in [0.717, 1.165) is 28.9 Å². The summed E-state index contributed by atoms with van der Waals surface area (Å²) in [7, 11) is 0. The molecule has 0 aliphatic carbocycles. The number of carbonyl (C=O) groups excluding carboxylic acids is 1. The number of aryl methyl sites for hydroxylation is 2. The van der Waals surface area contributed by atoms with E-state index in [-0.39, 0.29) is 5.97 Å². The third-order valence-electron chi connectivity index (χ3n) is 6.83. The van der Waals surface area contributed by atoms with E-state index in [2.05, 4.69) is 54.8 Å². The lowest BCUT2D eigenvalue weighted by molar-refractivity contribution is -0.151. The van der Waals surface area contributed by atoms with E-state index in [1.54, 1.807) is 0 Å². The minimum absolute atomic E-state index is 0.322. The summed E-state index contributed by atoms with van der Waals surface area (Å²) in [6, 6.07) is 31.1. The third kappa shape index (κ3) is 7.16. The topological polar surface area (TPSA) is 40.5 Å². The molecule has 0 saturated carbocycles. The Hall–Kier alpha value is -3.79. The number of benzene rings is 3. The van der Waals surface area contributed by atoms with Gasteiger partial charge < -0.3 is 14.0 Å². The summed E-state index contributed by atoms with van der Waals surface area (Å²) in [5.41, 5.74) is 6.97. The van der Waals surface area contributed by atoms with Gasteiger partial charge in [-0.05, 0) is 91.9 Å². The SMILES string of the molecule is CCCCCCc1ccc(-n2c(C)ccc2-c2ccc(O[C@H](Cc3ccccc3)C(=O)OCC)cc2)cc1. The summed E-state index contributed by atoms with van der Waals surface area (Å²) in [5, 5.41) is 0. The van der Waals surface area contributed by atoms with Crippen molar-refractivity contribution in [3.8, 4) is 22.7 Å². The Kier molecular flexibility index (Phi) is 9.80. The molecule has 0 radical (unpaired) electrons. The molecule has 1 aromatic heterocycles. The van der Waals surface area contributed by atoms with E-state index in [9.17, 15) is 4.79 Å². The minimum atomic E-state index is -0.699. The molecule has 4 heteroatoms. The van der Waals surface area contributed by atoms with E-state index < -0.39 is 6.10 Å². The van der Waals surface area contributed by atoms with Gasteiger partial charge in [-0.15, -0.1) is 0 Å². The first kappa shape index (κ1) is 27.3. The summed E-state index contributed by atoms with van der Waals surface area (Å²) in [5.74, 6) is 0.295. The molecule has 4 nitrogen and oxygen atoms in total. The van der Waals surface area contributed by atoms with Crippen LogP contribution in [-0.2, 0) is 22.4 Å². The van der Waals surface area contributed by atoms with Crippen LogP contribution in [0.15, 0.2) is 91.0 Å². The lowest BCUT2D eigenvalue weighted by Crippen LogP contribution is -2.31. The van der Waals surface area contributed by atoms with Crippen LogP contribution < -0.4 is 4.74 Å². The Labute approximate surface area is 227 Å². The van der Waals surface area contributed by atoms with Gasteiger partial charge in [0.15, 0.2) is 6.10 Å². The molecule has 0 amide bonds. The smallest absolute Gasteiger partial charge is 0.347 e. The number of nitrogens with zero attached hydrogens (tertiary/aromatic N) is 1. The van der Waals surface area contributed by atoms with E-state index in [1.165, 1.54) is 36.9 Å². The number of unbranched alkanes of at least 4 members (excludes halogenated alkanes) is 3. The molecule has 0 aliphatic rings.